The molecular weight excluding hydrogens is 324 g/mol. The molecule has 2 nitrogen and oxygen atoms in total. The van der Waals surface area contributed by atoms with Crippen LogP contribution in [-0.2, 0) is 0 Å². The molecule has 2 N–H and O–H groups in total. The summed E-state index contributed by atoms with van der Waals surface area (Å²) in [5, 5.41) is 13.1. The van der Waals surface area contributed by atoms with Gasteiger partial charge in [0.05, 0.1) is 10.7 Å². The molecule has 4 heteroatoms. The van der Waals surface area contributed by atoms with Crippen molar-refractivity contribution in [1.82, 2.24) is 0 Å². The summed E-state index contributed by atoms with van der Waals surface area (Å²) in [4.78, 5) is 0. The lowest BCUT2D eigenvalue weighted by Crippen LogP contribution is -2.26. The average Bonchev–Trinajstić information content (AvgIpc) is 2.16. The Morgan fingerprint density at radius 1 is 1.47 bits per heavy atom. The fourth-order valence-electron chi connectivity index (χ4n) is 1.02. The number of rotatable bonds is 4. The second-order valence-electron chi connectivity index (χ2n) is 4.30. The molecule has 0 amide bonds. The van der Waals surface area contributed by atoms with Crippen LogP contribution < -0.4 is 5.32 Å². The molecule has 0 radical (unpaired) electrons. The largest absolute Gasteiger partial charge is 0.396 e. The molecule has 0 bridgehead atoms. The number of nitrogens with one attached hydrogen (secondary N) is 1. The van der Waals surface area contributed by atoms with Crippen LogP contribution in [0.1, 0.15) is 13.8 Å². The Balaban J connectivity index is 2.66. The highest BCUT2D eigenvalue weighted by Gasteiger charge is 2.16. The van der Waals surface area contributed by atoms with Gasteiger partial charge < -0.3 is 10.4 Å². The standard InChI is InChI=1S/C11H15ClINO/c1-11(2,7-15)6-14-10-4-3-8(13)5-9(10)12/h3-5,14-15H,6-7H2,1-2H3. The van der Waals surface area contributed by atoms with Crippen molar-refractivity contribution in [3.63, 3.8) is 0 Å². The third-order valence-corrected chi connectivity index (χ3v) is 3.10. The van der Waals surface area contributed by atoms with E-state index in [1.807, 2.05) is 32.0 Å². The lowest BCUT2D eigenvalue weighted by Gasteiger charge is -2.23. The van der Waals surface area contributed by atoms with Crippen molar-refractivity contribution in [2.45, 2.75) is 13.8 Å². The van der Waals surface area contributed by atoms with Crippen LogP contribution >= 0.6 is 34.2 Å². The quantitative estimate of drug-likeness (QED) is 0.824. The Morgan fingerprint density at radius 3 is 2.67 bits per heavy atom. The highest BCUT2D eigenvalue weighted by atomic mass is 127. The number of aliphatic hydroxyl groups excluding tert-OH is 1. The highest BCUT2D eigenvalue weighted by molar-refractivity contribution is 14.1. The first-order valence-electron chi connectivity index (χ1n) is 4.74. The summed E-state index contributed by atoms with van der Waals surface area (Å²) in [5.41, 5.74) is 0.783. The summed E-state index contributed by atoms with van der Waals surface area (Å²) >= 11 is 8.29. The van der Waals surface area contributed by atoms with Crippen molar-refractivity contribution in [2.24, 2.45) is 5.41 Å². The minimum absolute atomic E-state index is 0.133. The summed E-state index contributed by atoms with van der Waals surface area (Å²) in [6.07, 6.45) is 0. The molecule has 0 saturated carbocycles. The lowest BCUT2D eigenvalue weighted by atomic mass is 9.95. The monoisotopic (exact) mass is 339 g/mol. The second kappa shape index (κ2) is 5.37. The van der Waals surface area contributed by atoms with Crippen molar-refractivity contribution in [1.29, 1.82) is 0 Å². The second-order valence-corrected chi connectivity index (χ2v) is 5.95. The maximum absolute atomic E-state index is 9.11. The van der Waals surface area contributed by atoms with Crippen molar-refractivity contribution in [3.8, 4) is 0 Å². The molecule has 0 atom stereocenters. The predicted molar refractivity (Wildman–Crippen MR) is 73.5 cm³/mol. The van der Waals surface area contributed by atoms with Gasteiger partial charge in [-0.2, -0.15) is 0 Å². The van der Waals surface area contributed by atoms with Gasteiger partial charge in [0, 0.05) is 22.1 Å². The fourth-order valence-corrected chi connectivity index (χ4v) is 1.95. The molecule has 0 unspecified atom stereocenters. The molecule has 15 heavy (non-hydrogen) atoms. The lowest BCUT2D eigenvalue weighted by molar-refractivity contribution is 0.171. The van der Waals surface area contributed by atoms with E-state index < -0.39 is 0 Å². The van der Waals surface area contributed by atoms with Gasteiger partial charge in [-0.05, 0) is 40.8 Å². The van der Waals surface area contributed by atoms with Crippen LogP contribution in [0.15, 0.2) is 18.2 Å². The first kappa shape index (κ1) is 13.1. The van der Waals surface area contributed by atoms with Crippen LogP contribution in [0.2, 0.25) is 5.02 Å². The maximum atomic E-state index is 9.11. The van der Waals surface area contributed by atoms with Gasteiger partial charge in [-0.15, -0.1) is 0 Å². The summed E-state index contributed by atoms with van der Waals surface area (Å²) < 4.78 is 1.12. The van der Waals surface area contributed by atoms with E-state index in [0.717, 1.165) is 14.3 Å². The van der Waals surface area contributed by atoms with Gasteiger partial charge in [0.15, 0.2) is 0 Å². The summed E-state index contributed by atoms with van der Waals surface area (Å²) in [5.74, 6) is 0. The molecule has 0 heterocycles. The first-order chi connectivity index (χ1) is 6.94. The van der Waals surface area contributed by atoms with E-state index in [1.54, 1.807) is 0 Å². The third-order valence-electron chi connectivity index (χ3n) is 2.12. The number of aliphatic hydroxyl groups is 1. The van der Waals surface area contributed by atoms with Crippen molar-refractivity contribution < 1.29 is 5.11 Å². The Labute approximate surface area is 109 Å². The Kier molecular flexibility index (Phi) is 4.67. The zero-order valence-corrected chi connectivity index (χ0v) is 11.8. The molecule has 0 saturated heterocycles. The van der Waals surface area contributed by atoms with Crippen LogP contribution in [0.3, 0.4) is 0 Å². The molecular formula is C11H15ClINO. The predicted octanol–water partition coefficient (Wildman–Crippen LogP) is 3.38. The van der Waals surface area contributed by atoms with E-state index in [0.29, 0.717) is 6.54 Å². The van der Waals surface area contributed by atoms with Crippen molar-refractivity contribution >= 4 is 39.9 Å². The summed E-state index contributed by atoms with van der Waals surface area (Å²) in [7, 11) is 0. The zero-order valence-electron chi connectivity index (χ0n) is 8.85. The molecule has 0 fully saturated rings. The third kappa shape index (κ3) is 4.17. The molecule has 1 aromatic rings. The smallest absolute Gasteiger partial charge is 0.0648 e. The topological polar surface area (TPSA) is 32.3 Å². The van der Waals surface area contributed by atoms with Crippen LogP contribution in [-0.4, -0.2) is 18.3 Å². The van der Waals surface area contributed by atoms with Crippen LogP contribution in [0.5, 0.6) is 0 Å². The van der Waals surface area contributed by atoms with Gasteiger partial charge in [-0.25, -0.2) is 0 Å². The molecule has 0 aromatic heterocycles. The highest BCUT2D eigenvalue weighted by Crippen LogP contribution is 2.25. The van der Waals surface area contributed by atoms with Gasteiger partial charge in [0.25, 0.3) is 0 Å². The van der Waals surface area contributed by atoms with Crippen LogP contribution in [0, 0.1) is 8.99 Å². The fraction of sp³-hybridized carbons (Fsp3) is 0.455. The molecule has 84 valence electrons. The maximum Gasteiger partial charge on any atom is 0.0648 e. The number of hydrogen-bond donors (Lipinski definition) is 2. The SMILES string of the molecule is CC(C)(CO)CNc1ccc(I)cc1Cl. The minimum Gasteiger partial charge on any atom is -0.396 e. The van der Waals surface area contributed by atoms with E-state index in [1.165, 1.54) is 0 Å². The Morgan fingerprint density at radius 2 is 2.13 bits per heavy atom. The number of benzene rings is 1. The molecule has 1 aromatic carbocycles. The van der Waals surface area contributed by atoms with Crippen LogP contribution in [0.4, 0.5) is 5.69 Å². The normalized spacial score (nSPS) is 11.5. The van der Waals surface area contributed by atoms with E-state index in [9.17, 15) is 0 Å². The van der Waals surface area contributed by atoms with E-state index in [-0.39, 0.29) is 12.0 Å². The molecule has 1 rings (SSSR count). The van der Waals surface area contributed by atoms with Gasteiger partial charge in [-0.1, -0.05) is 25.4 Å². The molecule has 0 aliphatic heterocycles. The van der Waals surface area contributed by atoms with Gasteiger partial charge >= 0.3 is 0 Å². The van der Waals surface area contributed by atoms with Crippen molar-refractivity contribution in [2.75, 3.05) is 18.5 Å². The van der Waals surface area contributed by atoms with Crippen molar-refractivity contribution in [3.05, 3.63) is 26.8 Å². The Bertz CT molecular complexity index is 341. The molecule has 0 spiro atoms. The van der Waals surface area contributed by atoms with E-state index >= 15 is 0 Å². The number of hydrogen-bond acceptors (Lipinski definition) is 2. The summed E-state index contributed by atoms with van der Waals surface area (Å²) in [6, 6.07) is 5.87. The molecule has 0 aliphatic rings. The van der Waals surface area contributed by atoms with Gasteiger partial charge in [0.1, 0.15) is 0 Å². The molecule has 0 aliphatic carbocycles. The zero-order chi connectivity index (χ0) is 11.5. The van der Waals surface area contributed by atoms with Gasteiger partial charge in [-0.3, -0.25) is 0 Å². The van der Waals surface area contributed by atoms with E-state index in [4.69, 9.17) is 16.7 Å². The average molecular weight is 340 g/mol. The summed E-state index contributed by atoms with van der Waals surface area (Å²) in [6.45, 7) is 4.85. The minimum atomic E-state index is -0.133. The van der Waals surface area contributed by atoms with Crippen LogP contribution in [0.25, 0.3) is 0 Å². The Hall–Kier alpha value is -0.0000000000000000555. The first-order valence-corrected chi connectivity index (χ1v) is 6.20. The van der Waals surface area contributed by atoms with Gasteiger partial charge in [0.2, 0.25) is 0 Å². The number of halogens is 2. The number of anilines is 1. The van der Waals surface area contributed by atoms with E-state index in [2.05, 4.69) is 27.9 Å².